The number of carbonyl (C=O) groups excluding carboxylic acids is 2. The number of carboxylic acids is 1. The van der Waals surface area contributed by atoms with Gasteiger partial charge in [-0.05, 0) is 94.5 Å². The Morgan fingerprint density at radius 3 is 1.65 bits per heavy atom. The highest BCUT2D eigenvalue weighted by molar-refractivity contribution is 6.13. The van der Waals surface area contributed by atoms with E-state index in [0.717, 1.165) is 0 Å². The number of ether oxygens (including phenoxy) is 1. The zero-order valence-electron chi connectivity index (χ0n) is 22.2. The average Bonchev–Trinajstić information content (AvgIpc) is 2.96. The van der Waals surface area contributed by atoms with Crippen LogP contribution in [0.25, 0.3) is 0 Å². The first-order valence-electron chi connectivity index (χ1n) is 11.0. The zero-order chi connectivity index (χ0) is 31.8. The highest BCUT2D eigenvalue weighted by Crippen LogP contribution is 2.18. The molecule has 43 heavy (non-hydrogen) atoms. The number of rotatable bonds is 11. The molecule has 0 aliphatic heterocycles. The molecule has 7 N–H and O–H groups in total. The van der Waals surface area contributed by atoms with E-state index < -0.39 is 24.0 Å². The molecule has 0 fully saturated rings. The van der Waals surface area contributed by atoms with E-state index in [1.165, 1.54) is 43.3 Å². The summed E-state index contributed by atoms with van der Waals surface area (Å²) in [6.45, 7) is 3.26. The third-order valence-electron chi connectivity index (χ3n) is 4.01. The molecule has 1 amide bonds. The number of nitrogens with two attached hydrogens (primary N) is 1. The molecular formula is C20H26Cl2N14O7. The number of nitrogens with zero attached hydrogens (tertiary/aromatic N) is 11. The van der Waals surface area contributed by atoms with Crippen molar-refractivity contribution in [1.29, 1.82) is 5.53 Å². The van der Waals surface area contributed by atoms with Crippen molar-refractivity contribution >= 4 is 42.0 Å². The van der Waals surface area contributed by atoms with Crippen LogP contribution in [-0.4, -0.2) is 39.8 Å². The number of halogens is 2. The number of phenolic OH excluding ortho intramolecular Hbond substituents is 2. The Kier molecular flexibility index (Phi) is 22.5. The van der Waals surface area contributed by atoms with Crippen LogP contribution in [0.2, 0.25) is 0 Å². The Labute approximate surface area is 253 Å². The number of carbonyl (C=O) groups is 3. The van der Waals surface area contributed by atoms with Gasteiger partial charge in [0.2, 0.25) is 5.91 Å². The summed E-state index contributed by atoms with van der Waals surface area (Å²) >= 11 is 4.73. The van der Waals surface area contributed by atoms with E-state index in [-0.39, 0.29) is 36.4 Å². The molecule has 23 heteroatoms. The summed E-state index contributed by atoms with van der Waals surface area (Å²) in [4.78, 5) is 33.1. The maximum absolute atomic E-state index is 11.7. The second-order valence-corrected chi connectivity index (χ2v) is 7.02. The minimum Gasteiger partial charge on any atom is -0.508 e. The molecule has 0 spiro atoms. The summed E-state index contributed by atoms with van der Waals surface area (Å²) in [6, 6.07) is 9.92. The molecule has 0 radical (unpaired) electrons. The van der Waals surface area contributed by atoms with E-state index in [1.807, 2.05) is 0 Å². The van der Waals surface area contributed by atoms with Crippen molar-refractivity contribution in [2.75, 3.05) is 6.61 Å². The molecule has 2 atom stereocenters. The molecule has 2 aromatic carbocycles. The molecule has 0 bridgehead atoms. The number of esters is 1. The van der Waals surface area contributed by atoms with Gasteiger partial charge in [0, 0.05) is 6.92 Å². The number of nitrogens with one attached hydrogen (secondary N) is 2. The van der Waals surface area contributed by atoms with Gasteiger partial charge in [0.25, 0.3) is 0 Å². The smallest absolute Gasteiger partial charge is 0.333 e. The summed E-state index contributed by atoms with van der Waals surface area (Å²) in [5.41, 5.74) is 12.5. The van der Waals surface area contributed by atoms with Crippen molar-refractivity contribution in [3.63, 3.8) is 0 Å². The molecular weight excluding hydrogens is 619 g/mol. The number of hydrogen-bond acceptors (Lipinski definition) is 9. The monoisotopic (exact) mass is 644 g/mol. The van der Waals surface area contributed by atoms with Gasteiger partial charge in [-0.2, -0.15) is 5.53 Å². The standard InChI is InChI=1S/C12H15NO4.C8H9NO3.ClHN12.ClH/c1-3-17-12(16)11(13-8(2)14)9-4-6-10(15)7-5-9;9-7(8(11)12)5-1-3-6(10)4-2-5;1-3-5-7-9-11-13-12-10-8-6-4-2;/h4-7,11,15H,3H2,1-2H3,(H,13,14);1-4,7,10H,9H2,(H,11,12);2H;1H/b;;4-2?,5-3?,8-6+,9-7+,12-10+,13-11+;/t11-;7-;;/m11../s1. The second-order valence-electron chi connectivity index (χ2n) is 6.87. The van der Waals surface area contributed by atoms with Crippen LogP contribution in [0.15, 0.2) is 105 Å². The largest absolute Gasteiger partial charge is 0.508 e. The lowest BCUT2D eigenvalue weighted by atomic mass is 10.1. The summed E-state index contributed by atoms with van der Waals surface area (Å²) < 4.78 is 7.58. The number of aromatic hydroxyl groups is 2. The molecule has 0 saturated carbocycles. The van der Waals surface area contributed by atoms with E-state index in [2.05, 4.69) is 62.2 Å². The zero-order valence-corrected chi connectivity index (χ0v) is 23.8. The van der Waals surface area contributed by atoms with Crippen LogP contribution in [0.5, 0.6) is 11.5 Å². The van der Waals surface area contributed by atoms with Crippen molar-refractivity contribution in [2.24, 2.45) is 62.6 Å². The average molecular weight is 645 g/mol. The maximum Gasteiger partial charge on any atom is 0.333 e. The van der Waals surface area contributed by atoms with Crippen molar-refractivity contribution in [3.05, 3.63) is 59.7 Å². The van der Waals surface area contributed by atoms with Crippen LogP contribution in [0.4, 0.5) is 0 Å². The molecule has 0 saturated heterocycles. The van der Waals surface area contributed by atoms with Gasteiger partial charge in [0.1, 0.15) is 17.5 Å². The van der Waals surface area contributed by atoms with Gasteiger partial charge in [-0.1, -0.05) is 28.9 Å². The third-order valence-corrected chi connectivity index (χ3v) is 4.08. The second kappa shape index (κ2) is 24.4. The minimum atomic E-state index is -1.08. The molecule has 2 rings (SSSR count). The van der Waals surface area contributed by atoms with Gasteiger partial charge in [-0.15, -0.1) is 12.4 Å². The topological polar surface area (TPSA) is 319 Å². The Morgan fingerprint density at radius 2 is 1.28 bits per heavy atom. The van der Waals surface area contributed by atoms with Crippen LogP contribution < -0.4 is 11.1 Å². The maximum atomic E-state index is 11.7. The fourth-order valence-corrected chi connectivity index (χ4v) is 2.39. The fourth-order valence-electron chi connectivity index (χ4n) is 2.36. The number of amides is 1. The highest BCUT2D eigenvalue weighted by atomic mass is 35.5. The molecule has 232 valence electrons. The van der Waals surface area contributed by atoms with E-state index in [9.17, 15) is 14.4 Å². The van der Waals surface area contributed by atoms with Crippen LogP contribution in [0.1, 0.15) is 37.1 Å². The van der Waals surface area contributed by atoms with Crippen molar-refractivity contribution < 1.29 is 34.4 Å². The molecule has 0 aliphatic carbocycles. The van der Waals surface area contributed by atoms with Crippen LogP contribution in [-0.2, 0) is 19.1 Å². The first-order chi connectivity index (χ1) is 20.1. The quantitative estimate of drug-likeness (QED) is 0.109. The lowest BCUT2D eigenvalue weighted by Gasteiger charge is -2.16. The lowest BCUT2D eigenvalue weighted by molar-refractivity contribution is -0.147. The Bertz CT molecular complexity index is 1280. The van der Waals surface area contributed by atoms with Crippen LogP contribution in [0, 0.1) is 5.53 Å². The number of hydrogen-bond donors (Lipinski definition) is 6. The van der Waals surface area contributed by atoms with Gasteiger partial charge in [0.05, 0.1) is 18.4 Å². The lowest BCUT2D eigenvalue weighted by Crippen LogP contribution is -2.33. The van der Waals surface area contributed by atoms with Crippen LogP contribution >= 0.6 is 24.2 Å². The third kappa shape index (κ3) is 19.3. The van der Waals surface area contributed by atoms with Gasteiger partial charge in [-0.3, -0.25) is 9.59 Å². The number of phenols is 2. The molecule has 0 aromatic heterocycles. The Balaban J connectivity index is 0. The van der Waals surface area contributed by atoms with Gasteiger partial charge in [-0.25, -0.2) is 4.79 Å². The minimum absolute atomic E-state index is 0. The summed E-state index contributed by atoms with van der Waals surface area (Å²) in [5, 5.41) is 57.6. The fraction of sp³-hybridized carbons (Fsp3) is 0.250. The molecule has 21 nitrogen and oxygen atoms in total. The van der Waals surface area contributed by atoms with Crippen LogP contribution in [0.3, 0.4) is 0 Å². The first kappa shape index (κ1) is 39.7. The van der Waals surface area contributed by atoms with Crippen molar-refractivity contribution in [3.8, 4) is 11.5 Å². The Morgan fingerprint density at radius 1 is 0.860 bits per heavy atom. The predicted molar refractivity (Wildman–Crippen MR) is 146 cm³/mol. The summed E-state index contributed by atoms with van der Waals surface area (Å²) in [6.07, 6.45) is 0. The van der Waals surface area contributed by atoms with E-state index in [4.69, 9.17) is 43.1 Å². The summed E-state index contributed by atoms with van der Waals surface area (Å²) in [7, 11) is 0. The predicted octanol–water partition coefficient (Wildman–Crippen LogP) is 5.04. The van der Waals surface area contributed by atoms with Crippen molar-refractivity contribution in [1.82, 2.24) is 5.32 Å². The molecule has 2 aromatic rings. The van der Waals surface area contributed by atoms with Gasteiger partial charge < -0.3 is 31.1 Å². The molecule has 0 aliphatic rings. The SMILES string of the molecule is CCOC(=O)[C@H](NC(C)=O)c1ccc(O)cc1.Cl.N=N/N=N/N=N/N=N/N=N/N=NCl.N[C@@H](C(=O)O)c1ccc(O)cc1. The van der Waals surface area contributed by atoms with E-state index in [0.29, 0.717) is 11.1 Å². The normalized spacial score (nSPS) is 12.1. The van der Waals surface area contributed by atoms with E-state index >= 15 is 0 Å². The van der Waals surface area contributed by atoms with Gasteiger partial charge in [0.15, 0.2) is 6.04 Å². The van der Waals surface area contributed by atoms with Crippen molar-refractivity contribution in [2.45, 2.75) is 25.9 Å². The highest BCUT2D eigenvalue weighted by Gasteiger charge is 2.22. The molecule has 0 heterocycles. The number of benzene rings is 2. The molecule has 0 unspecified atom stereocenters. The first-order valence-corrected chi connectivity index (χ1v) is 11.4. The van der Waals surface area contributed by atoms with Gasteiger partial charge >= 0.3 is 11.9 Å². The summed E-state index contributed by atoms with van der Waals surface area (Å²) in [5.74, 6) is -1.74. The number of carboxylic acid groups (broad SMARTS) is 1. The van der Waals surface area contributed by atoms with E-state index in [1.54, 1.807) is 19.1 Å². The number of aliphatic carboxylic acids is 1. The Hall–Kier alpha value is -5.41.